The maximum atomic E-state index is 5.25. The van der Waals surface area contributed by atoms with Gasteiger partial charge in [0.2, 0.25) is 5.95 Å². The van der Waals surface area contributed by atoms with Gasteiger partial charge < -0.3 is 4.98 Å². The Kier molecular flexibility index (Phi) is 5.22. The predicted molar refractivity (Wildman–Crippen MR) is 189 cm³/mol. The molecule has 7 aromatic carbocycles. The molecule has 0 bridgehead atoms. The maximum absolute atomic E-state index is 5.25. The second-order valence-electron chi connectivity index (χ2n) is 11.7. The lowest BCUT2D eigenvalue weighted by Crippen LogP contribution is -2.07. The summed E-state index contributed by atoms with van der Waals surface area (Å²) in [5.74, 6) is 1.86. The van der Waals surface area contributed by atoms with Crippen molar-refractivity contribution in [2.24, 2.45) is 0 Å². The van der Waals surface area contributed by atoms with E-state index < -0.39 is 0 Å². The number of nitrogens with zero attached hydrogens (tertiary/aromatic N) is 4. The van der Waals surface area contributed by atoms with Crippen molar-refractivity contribution in [2.75, 3.05) is 0 Å². The zero-order chi connectivity index (χ0) is 30.2. The first-order valence-corrected chi connectivity index (χ1v) is 15.5. The molecule has 5 nitrogen and oxygen atoms in total. The molecule has 3 heterocycles. The summed E-state index contributed by atoms with van der Waals surface area (Å²) in [6.45, 7) is 0. The van der Waals surface area contributed by atoms with Crippen LogP contribution < -0.4 is 0 Å². The molecule has 0 radical (unpaired) electrons. The number of hydrogen-bond donors (Lipinski definition) is 1. The minimum absolute atomic E-state index is 0.591. The highest BCUT2D eigenvalue weighted by atomic mass is 15.2. The van der Waals surface area contributed by atoms with Crippen LogP contribution in [0.25, 0.3) is 93.9 Å². The van der Waals surface area contributed by atoms with Gasteiger partial charge in [0.25, 0.3) is 0 Å². The van der Waals surface area contributed by atoms with Crippen molar-refractivity contribution in [3.63, 3.8) is 0 Å². The molecule has 3 aromatic heterocycles. The van der Waals surface area contributed by atoms with Crippen LogP contribution in [0, 0.1) is 0 Å². The monoisotopic (exact) mass is 587 g/mol. The summed E-state index contributed by atoms with van der Waals surface area (Å²) in [6, 6.07) is 50.7. The van der Waals surface area contributed by atoms with Crippen LogP contribution in [0.15, 0.2) is 146 Å². The first kappa shape index (κ1) is 25.0. The molecule has 10 rings (SSSR count). The summed E-state index contributed by atoms with van der Waals surface area (Å²) in [4.78, 5) is 19.3. The van der Waals surface area contributed by atoms with Gasteiger partial charge in [0.05, 0.1) is 16.6 Å². The van der Waals surface area contributed by atoms with Crippen LogP contribution in [0.3, 0.4) is 0 Å². The zero-order valence-corrected chi connectivity index (χ0v) is 24.6. The van der Waals surface area contributed by atoms with Gasteiger partial charge in [0.1, 0.15) is 0 Å². The molecule has 10 aromatic rings. The predicted octanol–water partition coefficient (Wildman–Crippen LogP) is 10.2. The zero-order valence-electron chi connectivity index (χ0n) is 24.6. The normalized spacial score (nSPS) is 11.9. The molecule has 5 heteroatoms. The molecule has 0 saturated carbocycles. The number of hydrogen-bond acceptors (Lipinski definition) is 3. The van der Waals surface area contributed by atoms with Gasteiger partial charge in [0.15, 0.2) is 11.6 Å². The fourth-order valence-corrected chi connectivity index (χ4v) is 7.17. The van der Waals surface area contributed by atoms with E-state index in [9.17, 15) is 0 Å². The van der Waals surface area contributed by atoms with E-state index >= 15 is 0 Å². The van der Waals surface area contributed by atoms with Crippen molar-refractivity contribution >= 4 is 65.2 Å². The number of H-pyrrole nitrogens is 1. The molecule has 0 saturated heterocycles. The molecule has 1 N–H and O–H groups in total. The van der Waals surface area contributed by atoms with Crippen LogP contribution in [0.2, 0.25) is 0 Å². The van der Waals surface area contributed by atoms with Gasteiger partial charge in [-0.1, -0.05) is 140 Å². The van der Waals surface area contributed by atoms with Crippen molar-refractivity contribution in [1.29, 1.82) is 0 Å². The number of para-hydroxylation sites is 1. The van der Waals surface area contributed by atoms with E-state index in [0.717, 1.165) is 54.7 Å². The van der Waals surface area contributed by atoms with Crippen molar-refractivity contribution < 1.29 is 0 Å². The Morgan fingerprint density at radius 2 is 1.00 bits per heavy atom. The molecule has 0 spiro atoms. The van der Waals surface area contributed by atoms with Gasteiger partial charge in [-0.25, -0.2) is 4.98 Å². The second kappa shape index (κ2) is 9.58. The van der Waals surface area contributed by atoms with Gasteiger partial charge >= 0.3 is 0 Å². The summed E-state index contributed by atoms with van der Waals surface area (Å²) in [5, 5.41) is 9.38. The topological polar surface area (TPSA) is 59.4 Å². The van der Waals surface area contributed by atoms with E-state index in [4.69, 9.17) is 15.0 Å². The molecule has 0 aliphatic rings. The number of benzene rings is 7. The molecule has 46 heavy (non-hydrogen) atoms. The maximum Gasteiger partial charge on any atom is 0.238 e. The Bertz CT molecular complexity index is 2740. The fourth-order valence-electron chi connectivity index (χ4n) is 7.17. The van der Waals surface area contributed by atoms with Gasteiger partial charge in [-0.3, -0.25) is 4.57 Å². The molecular weight excluding hydrogens is 562 g/mol. The van der Waals surface area contributed by atoms with Gasteiger partial charge in [-0.15, -0.1) is 0 Å². The molecule has 214 valence electrons. The van der Waals surface area contributed by atoms with Crippen LogP contribution in [-0.2, 0) is 0 Å². The van der Waals surface area contributed by atoms with Crippen LogP contribution in [0.1, 0.15) is 0 Å². The Balaban J connectivity index is 1.47. The van der Waals surface area contributed by atoms with E-state index in [2.05, 4.69) is 119 Å². The van der Waals surface area contributed by atoms with Gasteiger partial charge in [0, 0.05) is 54.3 Å². The smallest absolute Gasteiger partial charge is 0.238 e. The van der Waals surface area contributed by atoms with E-state index in [1.165, 1.54) is 21.5 Å². The van der Waals surface area contributed by atoms with E-state index in [0.29, 0.717) is 17.6 Å². The van der Waals surface area contributed by atoms with Gasteiger partial charge in [-0.2, -0.15) is 9.97 Å². The molecule has 0 atom stereocenters. The van der Waals surface area contributed by atoms with Crippen molar-refractivity contribution in [1.82, 2.24) is 24.5 Å². The Hall–Kier alpha value is -6.33. The Morgan fingerprint density at radius 1 is 0.413 bits per heavy atom. The molecule has 0 aliphatic carbocycles. The molecule has 0 fully saturated rings. The summed E-state index contributed by atoms with van der Waals surface area (Å²) < 4.78 is 2.29. The number of aromatic amines is 1. The number of aromatic nitrogens is 5. The average molecular weight is 588 g/mol. The summed E-state index contributed by atoms with van der Waals surface area (Å²) in [6.07, 6.45) is 0. The van der Waals surface area contributed by atoms with E-state index in [1.54, 1.807) is 0 Å². The first-order chi connectivity index (χ1) is 22.8. The molecule has 0 aliphatic heterocycles. The number of nitrogens with one attached hydrogen (secondary N) is 1. The second-order valence-corrected chi connectivity index (χ2v) is 11.7. The first-order valence-electron chi connectivity index (χ1n) is 15.5. The minimum atomic E-state index is 0.591. The van der Waals surface area contributed by atoms with Crippen LogP contribution >= 0.6 is 0 Å². The molecular formula is C41H25N5. The average Bonchev–Trinajstić information content (AvgIpc) is 3.69. The van der Waals surface area contributed by atoms with Crippen LogP contribution in [0.5, 0.6) is 0 Å². The van der Waals surface area contributed by atoms with Crippen LogP contribution in [0.4, 0.5) is 0 Å². The number of rotatable bonds is 3. The lowest BCUT2D eigenvalue weighted by Gasteiger charge is -2.13. The summed E-state index contributed by atoms with van der Waals surface area (Å²) in [5.41, 5.74) is 6.32. The Morgan fingerprint density at radius 3 is 1.72 bits per heavy atom. The van der Waals surface area contributed by atoms with Crippen molar-refractivity contribution in [3.8, 4) is 28.7 Å². The van der Waals surface area contributed by atoms with E-state index in [1.807, 2.05) is 36.4 Å². The third-order valence-corrected chi connectivity index (χ3v) is 9.15. The van der Waals surface area contributed by atoms with Crippen molar-refractivity contribution in [3.05, 3.63) is 146 Å². The summed E-state index contributed by atoms with van der Waals surface area (Å²) in [7, 11) is 0. The van der Waals surface area contributed by atoms with E-state index in [-0.39, 0.29) is 0 Å². The third kappa shape index (κ3) is 3.54. The lowest BCUT2D eigenvalue weighted by molar-refractivity contribution is 0.957. The highest BCUT2D eigenvalue weighted by Crippen LogP contribution is 2.46. The lowest BCUT2D eigenvalue weighted by atomic mass is 9.98. The fraction of sp³-hybridized carbons (Fsp3) is 0. The van der Waals surface area contributed by atoms with Crippen molar-refractivity contribution in [2.45, 2.75) is 0 Å². The number of fused-ring (bicyclic) bond motifs is 12. The highest BCUT2D eigenvalue weighted by molar-refractivity contribution is 6.38. The highest BCUT2D eigenvalue weighted by Gasteiger charge is 2.24. The standard InChI is InChI=1S/C41H25N5/c1-3-14-26(15-4-1)39-43-40(27-16-5-2-6-17-27)45-41(44-39)46-37-28-18-8-7-13-25(28)23-24-32(37)35-34-31-21-11-12-22-33(31)42-36(34)29-19-9-10-20-30(29)38(35)46/h1-24,42H. The third-order valence-electron chi connectivity index (χ3n) is 9.15. The van der Waals surface area contributed by atoms with Gasteiger partial charge in [-0.05, 0) is 11.5 Å². The molecule has 0 unspecified atom stereocenters. The Labute approximate surface area is 263 Å². The summed E-state index contributed by atoms with van der Waals surface area (Å²) >= 11 is 0. The SMILES string of the molecule is c1ccc(-c2nc(-c3ccccc3)nc(-n3c4c5ccccc5ccc4c4c5c6ccccc6[nH]c5c5ccccc5c43)n2)cc1. The quantitative estimate of drug-likeness (QED) is 0.224. The van der Waals surface area contributed by atoms with Crippen LogP contribution in [-0.4, -0.2) is 24.5 Å². The largest absolute Gasteiger partial charge is 0.354 e. The molecule has 0 amide bonds. The minimum Gasteiger partial charge on any atom is -0.354 e.